The highest BCUT2D eigenvalue weighted by Crippen LogP contribution is 2.30. The van der Waals surface area contributed by atoms with E-state index in [-0.39, 0.29) is 13.2 Å². The van der Waals surface area contributed by atoms with Gasteiger partial charge in [0.25, 0.3) is 11.7 Å². The van der Waals surface area contributed by atoms with Crippen LogP contribution in [0.2, 0.25) is 0 Å². The molecule has 0 fully saturated rings. The van der Waals surface area contributed by atoms with E-state index in [0.717, 1.165) is 0 Å². The minimum Gasteiger partial charge on any atom is -0.492 e. The molecule has 1 heterocycles. The summed E-state index contributed by atoms with van der Waals surface area (Å²) in [6.07, 6.45) is 2.79. The largest absolute Gasteiger partial charge is 0.492 e. The van der Waals surface area contributed by atoms with E-state index in [2.05, 4.69) is 4.74 Å². The number of rotatable bonds is 6. The van der Waals surface area contributed by atoms with Crippen molar-refractivity contribution < 1.29 is 23.9 Å². The zero-order valence-corrected chi connectivity index (χ0v) is 14.2. The number of ether oxygens (including phenoxy) is 2. The minimum absolute atomic E-state index is 0.268. The molecule has 0 atom stereocenters. The van der Waals surface area contributed by atoms with Gasteiger partial charge in [-0.3, -0.25) is 9.59 Å². The van der Waals surface area contributed by atoms with Crippen molar-refractivity contribution in [3.05, 3.63) is 65.7 Å². The second-order valence-corrected chi connectivity index (χ2v) is 5.58. The van der Waals surface area contributed by atoms with E-state index in [9.17, 15) is 14.4 Å². The molecule has 0 aromatic heterocycles. The molecule has 26 heavy (non-hydrogen) atoms. The number of fused-ring (bicyclic) bond motifs is 1. The van der Waals surface area contributed by atoms with Crippen LogP contribution in [0.1, 0.15) is 15.9 Å². The number of para-hydroxylation sites is 1. The van der Waals surface area contributed by atoms with E-state index in [0.29, 0.717) is 22.6 Å². The van der Waals surface area contributed by atoms with Gasteiger partial charge in [0.05, 0.1) is 24.9 Å². The highest BCUT2D eigenvalue weighted by atomic mass is 16.5. The number of benzene rings is 2. The Hall–Kier alpha value is -3.41. The lowest BCUT2D eigenvalue weighted by Gasteiger charge is -2.17. The van der Waals surface area contributed by atoms with Gasteiger partial charge in [-0.2, -0.15) is 0 Å². The Labute approximate surface area is 150 Å². The van der Waals surface area contributed by atoms with Crippen molar-refractivity contribution in [3.8, 4) is 5.75 Å². The third-order valence-corrected chi connectivity index (χ3v) is 3.94. The topological polar surface area (TPSA) is 72.9 Å². The first-order valence-electron chi connectivity index (χ1n) is 8.04. The molecule has 6 heteroatoms. The van der Waals surface area contributed by atoms with Crippen molar-refractivity contribution in [2.75, 3.05) is 25.2 Å². The van der Waals surface area contributed by atoms with Crippen LogP contribution in [0, 0.1) is 0 Å². The third-order valence-electron chi connectivity index (χ3n) is 3.94. The lowest BCUT2D eigenvalue weighted by molar-refractivity contribution is -0.134. The zero-order valence-electron chi connectivity index (χ0n) is 14.2. The zero-order chi connectivity index (χ0) is 18.5. The maximum absolute atomic E-state index is 12.3. The molecule has 0 N–H and O–H groups in total. The fourth-order valence-corrected chi connectivity index (χ4v) is 2.65. The Morgan fingerprint density at radius 2 is 1.88 bits per heavy atom. The monoisotopic (exact) mass is 351 g/mol. The summed E-state index contributed by atoms with van der Waals surface area (Å²) in [6.45, 7) is 0.538. The first-order chi connectivity index (χ1) is 12.6. The lowest BCUT2D eigenvalue weighted by Crippen LogP contribution is -2.33. The van der Waals surface area contributed by atoms with Gasteiger partial charge in [-0.05, 0) is 35.9 Å². The van der Waals surface area contributed by atoms with Gasteiger partial charge in [0.15, 0.2) is 0 Å². The van der Waals surface area contributed by atoms with Gasteiger partial charge >= 0.3 is 5.97 Å². The molecular formula is C20H17NO5. The maximum atomic E-state index is 12.3. The quantitative estimate of drug-likeness (QED) is 0.454. The number of esters is 1. The van der Waals surface area contributed by atoms with Gasteiger partial charge in [0.2, 0.25) is 0 Å². The predicted octanol–water partition coefficient (Wildman–Crippen LogP) is 2.48. The number of hydrogen-bond acceptors (Lipinski definition) is 5. The number of hydrogen-bond donors (Lipinski definition) is 0. The van der Waals surface area contributed by atoms with Crippen LogP contribution in [-0.4, -0.2) is 37.9 Å². The molecule has 6 nitrogen and oxygen atoms in total. The average molecular weight is 351 g/mol. The fraction of sp³-hybridized carbons (Fsp3) is 0.150. The molecule has 0 radical (unpaired) electrons. The Balaban J connectivity index is 1.72. The van der Waals surface area contributed by atoms with Crippen LogP contribution in [0.4, 0.5) is 5.69 Å². The van der Waals surface area contributed by atoms with Crippen LogP contribution < -0.4 is 9.64 Å². The van der Waals surface area contributed by atoms with E-state index in [1.807, 2.05) is 30.3 Å². The Kier molecular flexibility index (Phi) is 5.12. The highest BCUT2D eigenvalue weighted by molar-refractivity contribution is 6.52. The summed E-state index contributed by atoms with van der Waals surface area (Å²) in [4.78, 5) is 37.1. The van der Waals surface area contributed by atoms with E-state index in [1.165, 1.54) is 24.2 Å². The first kappa shape index (κ1) is 17.4. The van der Waals surface area contributed by atoms with Crippen molar-refractivity contribution in [2.24, 2.45) is 0 Å². The van der Waals surface area contributed by atoms with Gasteiger partial charge in [-0.15, -0.1) is 0 Å². The van der Waals surface area contributed by atoms with E-state index in [4.69, 9.17) is 4.74 Å². The summed E-state index contributed by atoms with van der Waals surface area (Å²) in [6, 6.07) is 14.3. The molecule has 0 saturated carbocycles. The molecule has 3 rings (SSSR count). The van der Waals surface area contributed by atoms with Crippen LogP contribution in [0.15, 0.2) is 54.6 Å². The smallest absolute Gasteiger partial charge is 0.330 e. The van der Waals surface area contributed by atoms with Crippen molar-refractivity contribution in [3.63, 3.8) is 0 Å². The van der Waals surface area contributed by atoms with Gasteiger partial charge in [0.1, 0.15) is 12.4 Å². The van der Waals surface area contributed by atoms with Crippen molar-refractivity contribution in [1.82, 2.24) is 0 Å². The van der Waals surface area contributed by atoms with Crippen LogP contribution in [0.3, 0.4) is 0 Å². The van der Waals surface area contributed by atoms with Gasteiger partial charge in [-0.25, -0.2) is 4.79 Å². The number of carbonyl (C=O) groups excluding carboxylic acids is 3. The summed E-state index contributed by atoms with van der Waals surface area (Å²) in [5.74, 6) is -0.930. The van der Waals surface area contributed by atoms with E-state index < -0.39 is 17.7 Å². The molecule has 1 aliphatic rings. The van der Waals surface area contributed by atoms with Crippen LogP contribution in [0.5, 0.6) is 5.75 Å². The molecule has 0 aliphatic carbocycles. The number of anilines is 1. The number of amides is 1. The summed E-state index contributed by atoms with van der Waals surface area (Å²) in [5.41, 5.74) is 1.51. The van der Waals surface area contributed by atoms with Crippen molar-refractivity contribution in [2.45, 2.75) is 0 Å². The number of Topliss-reactive ketones (excluding diaryl/α,β-unsaturated/α-hetero) is 1. The van der Waals surface area contributed by atoms with E-state index >= 15 is 0 Å². The number of methoxy groups -OCH3 is 1. The van der Waals surface area contributed by atoms with Crippen LogP contribution in [-0.2, 0) is 14.3 Å². The molecule has 0 unspecified atom stereocenters. The Morgan fingerprint density at radius 3 is 2.62 bits per heavy atom. The molecule has 2 aromatic carbocycles. The second-order valence-electron chi connectivity index (χ2n) is 5.58. The number of carbonyl (C=O) groups is 3. The Morgan fingerprint density at radius 1 is 1.12 bits per heavy atom. The van der Waals surface area contributed by atoms with Crippen molar-refractivity contribution in [1.29, 1.82) is 0 Å². The summed E-state index contributed by atoms with van der Waals surface area (Å²) in [5, 5.41) is 0. The molecule has 0 spiro atoms. The van der Waals surface area contributed by atoms with Gasteiger partial charge in [0, 0.05) is 6.08 Å². The first-order valence-corrected chi connectivity index (χ1v) is 8.04. The van der Waals surface area contributed by atoms with Gasteiger partial charge < -0.3 is 14.4 Å². The van der Waals surface area contributed by atoms with Gasteiger partial charge in [-0.1, -0.05) is 24.3 Å². The molecule has 0 saturated heterocycles. The third kappa shape index (κ3) is 3.64. The molecule has 0 bridgehead atoms. The highest BCUT2D eigenvalue weighted by Gasteiger charge is 2.35. The average Bonchev–Trinajstić information content (AvgIpc) is 2.91. The number of ketones is 1. The molecule has 1 aliphatic heterocycles. The van der Waals surface area contributed by atoms with Crippen molar-refractivity contribution >= 4 is 29.4 Å². The predicted molar refractivity (Wildman–Crippen MR) is 96.1 cm³/mol. The van der Waals surface area contributed by atoms with E-state index in [1.54, 1.807) is 18.2 Å². The summed E-state index contributed by atoms with van der Waals surface area (Å²) < 4.78 is 10.1. The standard InChI is InChI=1S/C20H17NO5/c1-25-18(22)10-8-14-7-9-17-16(13-14)19(23)20(24)21(17)11-12-26-15-5-3-2-4-6-15/h2-10,13H,11-12H2,1H3/b10-8+. The van der Waals surface area contributed by atoms with Crippen LogP contribution >= 0.6 is 0 Å². The Bertz CT molecular complexity index is 873. The molecule has 2 aromatic rings. The molecular weight excluding hydrogens is 334 g/mol. The maximum Gasteiger partial charge on any atom is 0.330 e. The molecule has 1 amide bonds. The normalized spacial score (nSPS) is 13.2. The number of nitrogens with zero attached hydrogens (tertiary/aromatic N) is 1. The lowest BCUT2D eigenvalue weighted by atomic mass is 10.1. The summed E-state index contributed by atoms with van der Waals surface area (Å²) >= 11 is 0. The SMILES string of the molecule is COC(=O)/C=C/c1ccc2c(c1)C(=O)C(=O)N2CCOc1ccccc1. The minimum atomic E-state index is -0.578. The fourth-order valence-electron chi connectivity index (χ4n) is 2.65. The van der Waals surface area contributed by atoms with Crippen LogP contribution in [0.25, 0.3) is 6.08 Å². The molecule has 132 valence electrons. The second kappa shape index (κ2) is 7.65. The summed E-state index contributed by atoms with van der Waals surface area (Å²) in [7, 11) is 1.28.